The van der Waals surface area contributed by atoms with E-state index in [1.165, 1.54) is 12.0 Å². The fourth-order valence-corrected chi connectivity index (χ4v) is 2.67. The molecule has 0 aromatic heterocycles. The van der Waals surface area contributed by atoms with Gasteiger partial charge in [0.05, 0.1) is 18.7 Å². The molecule has 1 fully saturated rings. The molecule has 1 aliphatic heterocycles. The molecule has 2 N–H and O–H groups in total. The Morgan fingerprint density at radius 1 is 1.26 bits per heavy atom. The Kier molecular flexibility index (Phi) is 6.75. The van der Waals surface area contributed by atoms with Crippen LogP contribution in [-0.2, 0) is 19.1 Å². The molecule has 9 nitrogen and oxygen atoms in total. The Labute approximate surface area is 157 Å². The largest absolute Gasteiger partial charge is 0.495 e. The SMILES string of the molecule is COc1ccccc1N1C[C@H](C(=O)OCC(=O)NC(=O)NC(C)C)CC1=O. The van der Waals surface area contributed by atoms with Crippen LogP contribution in [0.2, 0.25) is 0 Å². The van der Waals surface area contributed by atoms with Gasteiger partial charge < -0.3 is 19.7 Å². The van der Waals surface area contributed by atoms with Gasteiger partial charge in [0.25, 0.3) is 5.91 Å². The van der Waals surface area contributed by atoms with Crippen LogP contribution in [0.25, 0.3) is 0 Å². The van der Waals surface area contributed by atoms with Crippen molar-refractivity contribution in [1.82, 2.24) is 10.6 Å². The first-order valence-electron chi connectivity index (χ1n) is 8.52. The van der Waals surface area contributed by atoms with Crippen LogP contribution in [0.1, 0.15) is 20.3 Å². The lowest BCUT2D eigenvalue weighted by Crippen LogP contribution is -2.44. The van der Waals surface area contributed by atoms with Crippen LogP contribution >= 0.6 is 0 Å². The third-order valence-electron chi connectivity index (χ3n) is 3.85. The highest BCUT2D eigenvalue weighted by Crippen LogP contribution is 2.32. The van der Waals surface area contributed by atoms with Gasteiger partial charge in [0, 0.05) is 19.0 Å². The topological polar surface area (TPSA) is 114 Å². The number of methoxy groups -OCH3 is 1. The van der Waals surface area contributed by atoms with Gasteiger partial charge >= 0.3 is 12.0 Å². The predicted molar refractivity (Wildman–Crippen MR) is 96.2 cm³/mol. The summed E-state index contributed by atoms with van der Waals surface area (Å²) in [4.78, 5) is 49.0. The summed E-state index contributed by atoms with van der Waals surface area (Å²) in [5, 5.41) is 4.54. The van der Waals surface area contributed by atoms with E-state index >= 15 is 0 Å². The third kappa shape index (κ3) is 5.44. The number of benzene rings is 1. The van der Waals surface area contributed by atoms with Crippen LogP contribution in [0.5, 0.6) is 5.75 Å². The third-order valence-corrected chi connectivity index (χ3v) is 3.85. The van der Waals surface area contributed by atoms with Gasteiger partial charge in [-0.2, -0.15) is 0 Å². The molecule has 1 atom stereocenters. The summed E-state index contributed by atoms with van der Waals surface area (Å²) in [6.45, 7) is 3.03. The second kappa shape index (κ2) is 9.02. The van der Waals surface area contributed by atoms with E-state index in [0.717, 1.165) is 0 Å². The van der Waals surface area contributed by atoms with Gasteiger partial charge in [0.15, 0.2) is 6.61 Å². The van der Waals surface area contributed by atoms with E-state index in [2.05, 4.69) is 10.6 Å². The van der Waals surface area contributed by atoms with Gasteiger partial charge in [-0.15, -0.1) is 0 Å². The quantitative estimate of drug-likeness (QED) is 0.710. The Morgan fingerprint density at radius 2 is 1.96 bits per heavy atom. The summed E-state index contributed by atoms with van der Waals surface area (Å²) in [6, 6.07) is 6.20. The zero-order valence-corrected chi connectivity index (χ0v) is 15.5. The fourth-order valence-electron chi connectivity index (χ4n) is 2.67. The molecule has 1 aromatic carbocycles. The van der Waals surface area contributed by atoms with Crippen molar-refractivity contribution in [1.29, 1.82) is 0 Å². The van der Waals surface area contributed by atoms with Crippen LogP contribution < -0.4 is 20.3 Å². The number of esters is 1. The highest BCUT2D eigenvalue weighted by Gasteiger charge is 2.37. The van der Waals surface area contributed by atoms with E-state index in [9.17, 15) is 19.2 Å². The summed E-state index contributed by atoms with van der Waals surface area (Å²) < 4.78 is 10.2. The number of imide groups is 1. The first-order valence-corrected chi connectivity index (χ1v) is 8.52. The molecule has 0 radical (unpaired) electrons. The van der Waals surface area contributed by atoms with Crippen LogP contribution in [0.3, 0.4) is 0 Å². The molecular weight excluding hydrogens is 354 g/mol. The van der Waals surface area contributed by atoms with Gasteiger partial charge in [-0.05, 0) is 26.0 Å². The first kappa shape index (κ1) is 20.2. The van der Waals surface area contributed by atoms with Crippen molar-refractivity contribution in [2.24, 2.45) is 5.92 Å². The minimum atomic E-state index is -0.743. The molecule has 1 heterocycles. The first-order chi connectivity index (χ1) is 12.8. The average Bonchev–Trinajstić information content (AvgIpc) is 3.00. The van der Waals surface area contributed by atoms with Crippen molar-refractivity contribution in [3.05, 3.63) is 24.3 Å². The van der Waals surface area contributed by atoms with Crippen molar-refractivity contribution >= 4 is 29.5 Å². The highest BCUT2D eigenvalue weighted by molar-refractivity contribution is 6.01. The molecule has 2 rings (SSSR count). The number of para-hydroxylation sites is 2. The monoisotopic (exact) mass is 377 g/mol. The zero-order chi connectivity index (χ0) is 20.0. The molecule has 146 valence electrons. The van der Waals surface area contributed by atoms with Gasteiger partial charge in [-0.25, -0.2) is 4.79 Å². The number of amides is 4. The van der Waals surface area contributed by atoms with Crippen molar-refractivity contribution in [2.75, 3.05) is 25.2 Å². The van der Waals surface area contributed by atoms with E-state index in [1.807, 2.05) is 0 Å². The second-order valence-corrected chi connectivity index (χ2v) is 6.36. The minimum absolute atomic E-state index is 0.0215. The van der Waals surface area contributed by atoms with Crippen LogP contribution in [0.4, 0.5) is 10.5 Å². The summed E-state index contributed by atoms with van der Waals surface area (Å²) >= 11 is 0. The maximum absolute atomic E-state index is 12.3. The number of nitrogens with one attached hydrogen (secondary N) is 2. The van der Waals surface area contributed by atoms with E-state index in [1.54, 1.807) is 38.1 Å². The number of carbonyl (C=O) groups excluding carboxylic acids is 4. The molecule has 0 bridgehead atoms. The normalized spacial score (nSPS) is 16.2. The lowest BCUT2D eigenvalue weighted by molar-refractivity contribution is -0.152. The van der Waals surface area contributed by atoms with Crippen molar-refractivity contribution in [2.45, 2.75) is 26.3 Å². The maximum Gasteiger partial charge on any atom is 0.321 e. The van der Waals surface area contributed by atoms with Crippen LogP contribution in [0, 0.1) is 5.92 Å². The average molecular weight is 377 g/mol. The van der Waals surface area contributed by atoms with Crippen LogP contribution in [0.15, 0.2) is 24.3 Å². The molecule has 1 aromatic rings. The number of hydrogen-bond acceptors (Lipinski definition) is 6. The Balaban J connectivity index is 1.88. The Hall–Kier alpha value is -3.10. The predicted octanol–water partition coefficient (Wildman–Crippen LogP) is 0.825. The van der Waals surface area contributed by atoms with Gasteiger partial charge in [0.1, 0.15) is 5.75 Å². The number of rotatable bonds is 6. The van der Waals surface area contributed by atoms with Crippen LogP contribution in [-0.4, -0.2) is 50.1 Å². The van der Waals surface area contributed by atoms with Crippen molar-refractivity contribution < 1.29 is 28.7 Å². The number of nitrogens with zero attached hydrogens (tertiary/aromatic N) is 1. The lowest BCUT2D eigenvalue weighted by Gasteiger charge is -2.19. The summed E-state index contributed by atoms with van der Waals surface area (Å²) in [5.41, 5.74) is 0.573. The van der Waals surface area contributed by atoms with Crippen molar-refractivity contribution in [3.8, 4) is 5.75 Å². The van der Waals surface area contributed by atoms with E-state index in [0.29, 0.717) is 11.4 Å². The van der Waals surface area contributed by atoms with E-state index in [-0.39, 0.29) is 24.9 Å². The number of hydrogen-bond donors (Lipinski definition) is 2. The lowest BCUT2D eigenvalue weighted by atomic mass is 10.1. The molecule has 1 saturated heterocycles. The Morgan fingerprint density at radius 3 is 2.63 bits per heavy atom. The molecule has 0 aliphatic carbocycles. The number of ether oxygens (including phenoxy) is 2. The van der Waals surface area contributed by atoms with Crippen molar-refractivity contribution in [3.63, 3.8) is 0 Å². The van der Waals surface area contributed by atoms with Gasteiger partial charge in [-0.3, -0.25) is 19.7 Å². The molecule has 0 unspecified atom stereocenters. The molecule has 0 spiro atoms. The maximum atomic E-state index is 12.3. The summed E-state index contributed by atoms with van der Waals surface area (Å²) in [5.74, 6) is -1.81. The summed E-state index contributed by atoms with van der Waals surface area (Å²) in [7, 11) is 1.50. The fraction of sp³-hybridized carbons (Fsp3) is 0.444. The zero-order valence-electron chi connectivity index (χ0n) is 15.5. The minimum Gasteiger partial charge on any atom is -0.495 e. The number of anilines is 1. The standard InChI is InChI=1S/C18H23N3O6/c1-11(2)19-18(25)20-15(22)10-27-17(24)12-8-16(23)21(9-12)13-6-4-5-7-14(13)26-3/h4-7,11-12H,8-10H2,1-3H3,(H2,19,20,22,25)/t12-/m1/s1. The molecule has 27 heavy (non-hydrogen) atoms. The smallest absolute Gasteiger partial charge is 0.321 e. The van der Waals surface area contributed by atoms with Gasteiger partial charge in [-0.1, -0.05) is 12.1 Å². The van der Waals surface area contributed by atoms with E-state index < -0.39 is 30.4 Å². The number of carbonyl (C=O) groups is 4. The highest BCUT2D eigenvalue weighted by atomic mass is 16.5. The second-order valence-electron chi connectivity index (χ2n) is 6.36. The molecule has 9 heteroatoms. The summed E-state index contributed by atoms with van der Waals surface area (Å²) in [6.07, 6.45) is -0.0215. The van der Waals surface area contributed by atoms with Gasteiger partial charge in [0.2, 0.25) is 5.91 Å². The molecular formula is C18H23N3O6. The Bertz CT molecular complexity index is 734. The molecule has 4 amide bonds. The molecule has 1 aliphatic rings. The molecule has 0 saturated carbocycles. The number of urea groups is 1. The van der Waals surface area contributed by atoms with E-state index in [4.69, 9.17) is 9.47 Å².